The zero-order valence-corrected chi connectivity index (χ0v) is 9.70. The lowest BCUT2D eigenvalue weighted by molar-refractivity contribution is -0.145. The monoisotopic (exact) mass is 272 g/mol. The van der Waals surface area contributed by atoms with E-state index in [2.05, 4.69) is 9.97 Å². The van der Waals surface area contributed by atoms with Crippen molar-refractivity contribution in [2.45, 2.75) is 23.4 Å². The summed E-state index contributed by atoms with van der Waals surface area (Å²) >= 11 is 6.46. The van der Waals surface area contributed by atoms with Gasteiger partial charge in [0.25, 0.3) is 0 Å². The molecule has 16 heavy (non-hydrogen) atoms. The number of rotatable bonds is 3. The van der Waals surface area contributed by atoms with Crippen molar-refractivity contribution in [1.29, 1.82) is 0 Å². The summed E-state index contributed by atoms with van der Waals surface area (Å²) in [5.41, 5.74) is 0. The lowest BCUT2D eigenvalue weighted by Crippen LogP contribution is -2.12. The van der Waals surface area contributed by atoms with Crippen LogP contribution in [0.2, 0.25) is 5.15 Å². The number of nitrogens with zero attached hydrogens (tertiary/aromatic N) is 2. The van der Waals surface area contributed by atoms with Gasteiger partial charge >= 0.3 is 6.18 Å². The van der Waals surface area contributed by atoms with Crippen LogP contribution in [0.4, 0.5) is 13.2 Å². The van der Waals surface area contributed by atoms with Gasteiger partial charge in [0.05, 0.1) is 6.61 Å². The summed E-state index contributed by atoms with van der Waals surface area (Å²) in [7, 11) is 0. The van der Waals surface area contributed by atoms with Gasteiger partial charge in [0.2, 0.25) is 5.82 Å². The van der Waals surface area contributed by atoms with Crippen molar-refractivity contribution in [3.05, 3.63) is 17.0 Å². The molecule has 0 radical (unpaired) electrons. The van der Waals surface area contributed by atoms with Crippen LogP contribution in [0.1, 0.15) is 12.7 Å². The second-order valence-electron chi connectivity index (χ2n) is 2.96. The molecule has 1 aromatic heterocycles. The molecule has 0 amide bonds. The third-order valence-electron chi connectivity index (χ3n) is 1.50. The van der Waals surface area contributed by atoms with Crippen LogP contribution < -0.4 is 0 Å². The predicted molar refractivity (Wildman–Crippen MR) is 54.4 cm³/mol. The minimum atomic E-state index is -4.62. The normalized spacial score (nSPS) is 13.9. The van der Waals surface area contributed by atoms with Crippen LogP contribution >= 0.6 is 23.4 Å². The fourth-order valence-corrected chi connectivity index (χ4v) is 1.88. The number of aliphatic hydroxyl groups is 1. The molecule has 3 nitrogen and oxygen atoms in total. The Bertz CT molecular complexity index is 375. The van der Waals surface area contributed by atoms with Crippen LogP contribution in [0.5, 0.6) is 0 Å². The Kier molecular flexibility index (Phi) is 4.40. The maximum atomic E-state index is 12.3. The van der Waals surface area contributed by atoms with Crippen molar-refractivity contribution < 1.29 is 18.3 Å². The predicted octanol–water partition coefficient (Wildman–Crippen LogP) is 2.62. The molecule has 1 aromatic rings. The highest BCUT2D eigenvalue weighted by molar-refractivity contribution is 7.99. The molecule has 1 rings (SSSR count). The quantitative estimate of drug-likeness (QED) is 0.679. The van der Waals surface area contributed by atoms with Gasteiger partial charge in [-0.3, -0.25) is 0 Å². The van der Waals surface area contributed by atoms with Gasteiger partial charge in [-0.2, -0.15) is 13.2 Å². The molecule has 1 heterocycles. The third-order valence-corrected chi connectivity index (χ3v) is 2.70. The Hall–Kier alpha value is -0.530. The number of hydrogen-bond acceptors (Lipinski definition) is 4. The Morgan fingerprint density at radius 2 is 2.12 bits per heavy atom. The number of alkyl halides is 3. The Labute approximate surface area is 99.0 Å². The lowest BCUT2D eigenvalue weighted by atomic mass is 10.5. The number of aromatic nitrogens is 2. The fourth-order valence-electron chi connectivity index (χ4n) is 0.828. The lowest BCUT2D eigenvalue weighted by Gasteiger charge is -2.09. The van der Waals surface area contributed by atoms with Gasteiger partial charge in [0.1, 0.15) is 10.2 Å². The minimum absolute atomic E-state index is 0.0916. The zero-order valence-electron chi connectivity index (χ0n) is 8.12. The molecule has 0 saturated heterocycles. The Morgan fingerprint density at radius 1 is 1.50 bits per heavy atom. The summed E-state index contributed by atoms with van der Waals surface area (Å²) in [6.45, 7) is 1.50. The van der Waals surface area contributed by atoms with Crippen LogP contribution in [0.3, 0.4) is 0 Å². The van der Waals surface area contributed by atoms with E-state index in [1.165, 1.54) is 6.07 Å². The van der Waals surface area contributed by atoms with E-state index in [9.17, 15) is 13.2 Å². The second kappa shape index (κ2) is 5.20. The van der Waals surface area contributed by atoms with Gasteiger partial charge in [-0.05, 0) is 0 Å². The molecule has 1 atom stereocenters. The van der Waals surface area contributed by atoms with Gasteiger partial charge in [-0.1, -0.05) is 18.5 Å². The fraction of sp³-hybridized carbons (Fsp3) is 0.500. The van der Waals surface area contributed by atoms with Crippen molar-refractivity contribution in [3.8, 4) is 0 Å². The first-order valence-electron chi connectivity index (χ1n) is 4.22. The number of hydrogen-bond donors (Lipinski definition) is 1. The maximum Gasteiger partial charge on any atom is 0.451 e. The minimum Gasteiger partial charge on any atom is -0.395 e. The topological polar surface area (TPSA) is 46.0 Å². The van der Waals surface area contributed by atoms with E-state index in [-0.39, 0.29) is 22.0 Å². The van der Waals surface area contributed by atoms with Crippen LogP contribution in [0.15, 0.2) is 11.1 Å². The zero-order chi connectivity index (χ0) is 12.3. The smallest absolute Gasteiger partial charge is 0.395 e. The van der Waals surface area contributed by atoms with Crippen molar-refractivity contribution in [2.24, 2.45) is 0 Å². The van der Waals surface area contributed by atoms with Crippen LogP contribution in [-0.4, -0.2) is 26.9 Å². The average Bonchev–Trinajstić information content (AvgIpc) is 2.15. The molecule has 0 aliphatic carbocycles. The van der Waals surface area contributed by atoms with Crippen molar-refractivity contribution in [3.63, 3.8) is 0 Å². The maximum absolute atomic E-state index is 12.3. The highest BCUT2D eigenvalue weighted by atomic mass is 35.5. The molecular formula is C8H8ClF3N2OS. The Balaban J connectivity index is 2.99. The number of halogens is 4. The van der Waals surface area contributed by atoms with Gasteiger partial charge in [-0.25, -0.2) is 9.97 Å². The molecule has 0 aliphatic rings. The largest absolute Gasteiger partial charge is 0.451 e. The van der Waals surface area contributed by atoms with Gasteiger partial charge in [-0.15, -0.1) is 11.8 Å². The standard InChI is InChI=1S/C8H8ClF3N2OS/c1-4(3-15)16-6-2-5(9)13-7(14-6)8(10,11)12/h2,4,15H,3H2,1H3. The van der Waals surface area contributed by atoms with E-state index in [4.69, 9.17) is 16.7 Å². The van der Waals surface area contributed by atoms with E-state index in [1.54, 1.807) is 6.92 Å². The van der Waals surface area contributed by atoms with Gasteiger partial charge < -0.3 is 5.11 Å². The molecule has 0 fully saturated rings. The molecule has 0 spiro atoms. The van der Waals surface area contributed by atoms with E-state index in [0.29, 0.717) is 0 Å². The molecule has 90 valence electrons. The Morgan fingerprint density at radius 3 is 2.62 bits per heavy atom. The number of aliphatic hydroxyl groups excluding tert-OH is 1. The molecule has 0 bridgehead atoms. The van der Waals surface area contributed by atoms with Crippen molar-refractivity contribution in [1.82, 2.24) is 9.97 Å². The molecule has 0 aromatic carbocycles. The summed E-state index contributed by atoms with van der Waals surface area (Å²) in [5, 5.41) is 8.34. The summed E-state index contributed by atoms with van der Waals surface area (Å²) in [6, 6.07) is 1.23. The van der Waals surface area contributed by atoms with Crippen LogP contribution in [-0.2, 0) is 6.18 Å². The summed E-state index contributed by atoms with van der Waals surface area (Å²) in [5.74, 6) is -1.27. The molecule has 1 unspecified atom stereocenters. The molecule has 1 N–H and O–H groups in total. The van der Waals surface area contributed by atoms with E-state index >= 15 is 0 Å². The molecule has 0 aliphatic heterocycles. The summed E-state index contributed by atoms with van der Waals surface area (Å²) in [4.78, 5) is 6.42. The first-order valence-corrected chi connectivity index (χ1v) is 5.48. The van der Waals surface area contributed by atoms with Crippen molar-refractivity contribution >= 4 is 23.4 Å². The van der Waals surface area contributed by atoms with Crippen LogP contribution in [0, 0.1) is 0 Å². The third kappa shape index (κ3) is 3.80. The molecular weight excluding hydrogens is 265 g/mol. The highest BCUT2D eigenvalue weighted by Crippen LogP contribution is 2.30. The average molecular weight is 273 g/mol. The van der Waals surface area contributed by atoms with E-state index < -0.39 is 12.0 Å². The van der Waals surface area contributed by atoms with Crippen LogP contribution in [0.25, 0.3) is 0 Å². The first kappa shape index (κ1) is 13.5. The first-order chi connectivity index (χ1) is 7.32. The summed E-state index contributed by atoms with van der Waals surface area (Å²) < 4.78 is 37.0. The van der Waals surface area contributed by atoms with E-state index in [0.717, 1.165) is 11.8 Å². The SMILES string of the molecule is CC(CO)Sc1cc(Cl)nc(C(F)(F)F)n1. The van der Waals surface area contributed by atoms with Crippen molar-refractivity contribution in [2.75, 3.05) is 6.61 Å². The number of thioether (sulfide) groups is 1. The molecule has 0 saturated carbocycles. The molecule has 8 heteroatoms. The summed E-state index contributed by atoms with van der Waals surface area (Å²) in [6.07, 6.45) is -4.62. The highest BCUT2D eigenvalue weighted by Gasteiger charge is 2.35. The van der Waals surface area contributed by atoms with E-state index in [1.807, 2.05) is 0 Å². The van der Waals surface area contributed by atoms with Gasteiger partial charge in [0.15, 0.2) is 0 Å². The second-order valence-corrected chi connectivity index (χ2v) is 4.81. The van der Waals surface area contributed by atoms with Gasteiger partial charge in [0, 0.05) is 11.3 Å².